The van der Waals surface area contributed by atoms with E-state index in [-0.39, 0.29) is 0 Å². The third kappa shape index (κ3) is 2.72. The molecule has 1 aliphatic rings. The van der Waals surface area contributed by atoms with Gasteiger partial charge in [-0.2, -0.15) is 5.26 Å². The Morgan fingerprint density at radius 3 is 2.73 bits per heavy atom. The molecule has 0 saturated heterocycles. The number of nitriles is 1. The van der Waals surface area contributed by atoms with E-state index in [1.54, 1.807) is 0 Å². The van der Waals surface area contributed by atoms with E-state index in [1.165, 1.54) is 0 Å². The molecule has 0 spiro atoms. The Labute approximate surface area is 93.3 Å². The van der Waals surface area contributed by atoms with Gasteiger partial charge in [-0.25, -0.2) is 0 Å². The minimum Gasteiger partial charge on any atom is -0.391 e. The summed E-state index contributed by atoms with van der Waals surface area (Å²) < 4.78 is 0. The van der Waals surface area contributed by atoms with Gasteiger partial charge in [0.2, 0.25) is 0 Å². The van der Waals surface area contributed by atoms with Crippen molar-refractivity contribution in [1.29, 1.82) is 5.26 Å². The Balaban J connectivity index is 2.58. The van der Waals surface area contributed by atoms with Crippen LogP contribution < -0.4 is 0 Å². The number of hydrogen-bond acceptors (Lipinski definition) is 2. The maximum Gasteiger partial charge on any atom is 0.0835 e. The summed E-state index contributed by atoms with van der Waals surface area (Å²) in [4.78, 5) is 0. The molecule has 0 radical (unpaired) electrons. The Bertz CT molecular complexity index is 233. The Morgan fingerprint density at radius 2 is 2.27 bits per heavy atom. The normalized spacial score (nSPS) is 32.5. The molecular weight excluding hydrogens is 186 g/mol. The molecule has 1 rings (SSSR count). The molecule has 1 saturated carbocycles. The molecule has 0 heterocycles. The second-order valence-corrected chi connectivity index (χ2v) is 4.94. The number of rotatable bonds is 5. The topological polar surface area (TPSA) is 44.0 Å². The lowest BCUT2D eigenvalue weighted by molar-refractivity contribution is 0.0553. The van der Waals surface area contributed by atoms with Crippen molar-refractivity contribution in [1.82, 2.24) is 0 Å². The van der Waals surface area contributed by atoms with E-state index >= 15 is 0 Å². The van der Waals surface area contributed by atoms with Crippen molar-refractivity contribution in [3.8, 4) is 6.07 Å². The molecule has 1 aliphatic carbocycles. The van der Waals surface area contributed by atoms with Gasteiger partial charge in [0, 0.05) is 0 Å². The number of hydrogen-bond donors (Lipinski definition) is 1. The summed E-state index contributed by atoms with van der Waals surface area (Å²) in [5.74, 6) is 0.654. The van der Waals surface area contributed by atoms with Crippen LogP contribution in [0, 0.1) is 22.7 Å². The number of nitrogens with zero attached hydrogens (tertiary/aromatic N) is 1. The number of aliphatic hydroxyl groups excluding tert-OH is 1. The van der Waals surface area contributed by atoms with Gasteiger partial charge in [-0.1, -0.05) is 33.1 Å². The lowest BCUT2D eigenvalue weighted by atomic mass is 9.79. The van der Waals surface area contributed by atoms with Crippen LogP contribution in [0.4, 0.5) is 0 Å². The molecule has 1 N–H and O–H groups in total. The largest absolute Gasteiger partial charge is 0.391 e. The van der Waals surface area contributed by atoms with Crippen LogP contribution >= 0.6 is 0 Å². The van der Waals surface area contributed by atoms with Gasteiger partial charge in [-0.05, 0) is 31.6 Å². The third-order valence-electron chi connectivity index (χ3n) is 3.92. The first-order chi connectivity index (χ1) is 7.18. The molecule has 0 bridgehead atoms. The van der Waals surface area contributed by atoms with Crippen molar-refractivity contribution in [2.24, 2.45) is 11.3 Å². The van der Waals surface area contributed by atoms with Gasteiger partial charge in [0.05, 0.1) is 17.6 Å². The fraction of sp³-hybridized carbons (Fsp3) is 0.923. The van der Waals surface area contributed by atoms with Gasteiger partial charge >= 0.3 is 0 Å². The monoisotopic (exact) mass is 209 g/mol. The first-order valence-electron chi connectivity index (χ1n) is 6.27. The van der Waals surface area contributed by atoms with Gasteiger partial charge < -0.3 is 5.11 Å². The van der Waals surface area contributed by atoms with Gasteiger partial charge in [0.25, 0.3) is 0 Å². The Hall–Kier alpha value is -0.550. The smallest absolute Gasteiger partial charge is 0.0835 e. The molecule has 0 aromatic rings. The van der Waals surface area contributed by atoms with Crippen molar-refractivity contribution in [2.45, 2.75) is 64.9 Å². The fourth-order valence-corrected chi connectivity index (χ4v) is 2.68. The average Bonchev–Trinajstić information content (AvgIpc) is 2.70. The highest BCUT2D eigenvalue weighted by Crippen LogP contribution is 2.46. The van der Waals surface area contributed by atoms with Crippen LogP contribution in [-0.4, -0.2) is 11.2 Å². The van der Waals surface area contributed by atoms with Crippen molar-refractivity contribution in [3.63, 3.8) is 0 Å². The zero-order valence-corrected chi connectivity index (χ0v) is 10.00. The summed E-state index contributed by atoms with van der Waals surface area (Å²) in [6, 6.07) is 2.40. The highest BCUT2D eigenvalue weighted by atomic mass is 16.3. The minimum absolute atomic E-state index is 0.404. The van der Waals surface area contributed by atoms with E-state index in [0.717, 1.165) is 44.9 Å². The van der Waals surface area contributed by atoms with Crippen LogP contribution in [-0.2, 0) is 0 Å². The van der Waals surface area contributed by atoms with Crippen LogP contribution in [0.2, 0.25) is 0 Å². The Morgan fingerprint density at radius 1 is 1.53 bits per heavy atom. The summed E-state index contributed by atoms with van der Waals surface area (Å²) in [6.45, 7) is 4.30. The van der Waals surface area contributed by atoms with Crippen molar-refractivity contribution in [3.05, 3.63) is 0 Å². The summed E-state index contributed by atoms with van der Waals surface area (Å²) in [5, 5.41) is 19.4. The van der Waals surface area contributed by atoms with Crippen LogP contribution in [0.3, 0.4) is 0 Å². The highest BCUT2D eigenvalue weighted by molar-refractivity contribution is 5.07. The molecule has 0 aliphatic heterocycles. The minimum atomic E-state index is -0.421. The molecule has 3 atom stereocenters. The maximum atomic E-state index is 10.1. The van der Waals surface area contributed by atoms with Crippen LogP contribution in [0.25, 0.3) is 0 Å². The van der Waals surface area contributed by atoms with Gasteiger partial charge in [0.15, 0.2) is 0 Å². The molecular formula is C13H23NO. The van der Waals surface area contributed by atoms with Gasteiger partial charge in [0.1, 0.15) is 0 Å². The molecule has 1 fully saturated rings. The first kappa shape index (κ1) is 12.5. The summed E-state index contributed by atoms with van der Waals surface area (Å²) in [5.41, 5.74) is -0.421. The Kier molecular flexibility index (Phi) is 4.60. The summed E-state index contributed by atoms with van der Waals surface area (Å²) >= 11 is 0. The third-order valence-corrected chi connectivity index (χ3v) is 3.92. The zero-order chi connectivity index (χ0) is 11.3. The van der Waals surface area contributed by atoms with E-state index in [1.807, 2.05) is 0 Å². The second kappa shape index (κ2) is 5.51. The van der Waals surface area contributed by atoms with E-state index in [2.05, 4.69) is 19.9 Å². The fourth-order valence-electron chi connectivity index (χ4n) is 2.68. The van der Waals surface area contributed by atoms with Crippen molar-refractivity contribution < 1.29 is 5.11 Å². The quantitative estimate of drug-likeness (QED) is 0.755. The summed E-state index contributed by atoms with van der Waals surface area (Å²) in [7, 11) is 0. The molecule has 3 unspecified atom stereocenters. The lowest BCUT2D eigenvalue weighted by Crippen LogP contribution is -2.31. The predicted octanol–water partition coefficient (Wildman–Crippen LogP) is 3.26. The number of aliphatic hydroxyl groups is 1. The predicted molar refractivity (Wildman–Crippen MR) is 61.2 cm³/mol. The van der Waals surface area contributed by atoms with E-state index in [9.17, 15) is 10.4 Å². The van der Waals surface area contributed by atoms with E-state index in [4.69, 9.17) is 0 Å². The molecule has 2 nitrogen and oxygen atoms in total. The van der Waals surface area contributed by atoms with Crippen LogP contribution in [0.5, 0.6) is 0 Å². The highest BCUT2D eigenvalue weighted by Gasteiger charge is 2.43. The van der Waals surface area contributed by atoms with Crippen molar-refractivity contribution >= 4 is 0 Å². The van der Waals surface area contributed by atoms with Crippen LogP contribution in [0.1, 0.15) is 58.8 Å². The van der Waals surface area contributed by atoms with E-state index in [0.29, 0.717) is 5.92 Å². The SMILES string of the molecule is CCCCC(O)C1(C#N)CCC(CC)C1. The molecule has 15 heavy (non-hydrogen) atoms. The molecule has 0 amide bonds. The maximum absolute atomic E-state index is 10.1. The van der Waals surface area contributed by atoms with Crippen LogP contribution in [0.15, 0.2) is 0 Å². The lowest BCUT2D eigenvalue weighted by Gasteiger charge is -2.27. The standard InChI is InChI=1S/C13H23NO/c1-3-5-6-12(15)13(10-14)8-7-11(4-2)9-13/h11-12,15H,3-9H2,1-2H3. The van der Waals surface area contributed by atoms with Gasteiger partial charge in [-0.3, -0.25) is 0 Å². The second-order valence-electron chi connectivity index (χ2n) is 4.94. The van der Waals surface area contributed by atoms with Crippen molar-refractivity contribution in [2.75, 3.05) is 0 Å². The molecule has 86 valence electrons. The molecule has 0 aromatic heterocycles. The average molecular weight is 209 g/mol. The van der Waals surface area contributed by atoms with Gasteiger partial charge in [-0.15, -0.1) is 0 Å². The zero-order valence-electron chi connectivity index (χ0n) is 10.00. The number of unbranched alkanes of at least 4 members (excludes halogenated alkanes) is 1. The first-order valence-corrected chi connectivity index (χ1v) is 6.27. The molecule has 2 heteroatoms. The molecule has 0 aromatic carbocycles. The van der Waals surface area contributed by atoms with E-state index < -0.39 is 11.5 Å². The summed E-state index contributed by atoms with van der Waals surface area (Å²) in [6.07, 6.45) is 6.58.